The fraction of sp³-hybridized carbons (Fsp3) is 0.524. The number of rotatable bonds is 8. The first-order valence-electron chi connectivity index (χ1n) is 9.48. The molecule has 29 heavy (non-hydrogen) atoms. The fourth-order valence-corrected chi connectivity index (χ4v) is 3.74. The van der Waals surface area contributed by atoms with Crippen molar-refractivity contribution in [3.63, 3.8) is 0 Å². The molecule has 0 aliphatic rings. The molecule has 0 bridgehead atoms. The Hall–Kier alpha value is -1.55. The fourth-order valence-electron chi connectivity index (χ4n) is 2.88. The van der Waals surface area contributed by atoms with Crippen molar-refractivity contribution in [1.82, 2.24) is 15.6 Å². The Kier molecular flexibility index (Phi) is 10.2. The van der Waals surface area contributed by atoms with Gasteiger partial charge in [0, 0.05) is 23.4 Å². The Morgan fingerprint density at radius 3 is 2.38 bits per heavy atom. The predicted molar refractivity (Wildman–Crippen MR) is 132 cm³/mol. The Labute approximate surface area is 195 Å². The Morgan fingerprint density at radius 1 is 1.14 bits per heavy atom. The summed E-state index contributed by atoms with van der Waals surface area (Å²) in [6.07, 6.45) is 0. The van der Waals surface area contributed by atoms with Crippen LogP contribution in [0.1, 0.15) is 41.9 Å². The van der Waals surface area contributed by atoms with Crippen LogP contribution in [0.2, 0.25) is 0 Å². The molecule has 0 unspecified atom stereocenters. The highest BCUT2D eigenvalue weighted by atomic mass is 127. The third kappa shape index (κ3) is 7.02. The highest BCUT2D eigenvalue weighted by molar-refractivity contribution is 14.0. The summed E-state index contributed by atoms with van der Waals surface area (Å²) >= 11 is 1.70. The third-order valence-corrected chi connectivity index (χ3v) is 5.64. The summed E-state index contributed by atoms with van der Waals surface area (Å²) in [5.41, 5.74) is 2.11. The smallest absolute Gasteiger partial charge is 0.191 e. The molecule has 162 valence electrons. The van der Waals surface area contributed by atoms with Gasteiger partial charge >= 0.3 is 0 Å². The van der Waals surface area contributed by atoms with Crippen LogP contribution in [0.5, 0.6) is 11.5 Å². The molecular weight excluding hydrogens is 499 g/mol. The van der Waals surface area contributed by atoms with E-state index in [-0.39, 0.29) is 29.4 Å². The number of aryl methyl sites for hydroxylation is 2. The first-order valence-corrected chi connectivity index (χ1v) is 10.3. The number of nitrogens with one attached hydrogen (secondary N) is 2. The van der Waals surface area contributed by atoms with E-state index in [1.54, 1.807) is 25.6 Å². The minimum Gasteiger partial charge on any atom is -0.493 e. The Bertz CT molecular complexity index is 821. The molecule has 2 rings (SSSR count). The van der Waals surface area contributed by atoms with Crippen LogP contribution in [0.25, 0.3) is 0 Å². The molecule has 0 spiro atoms. The number of ether oxygens (including phenoxy) is 2. The van der Waals surface area contributed by atoms with Gasteiger partial charge in [0.15, 0.2) is 17.5 Å². The summed E-state index contributed by atoms with van der Waals surface area (Å²) in [4.78, 5) is 10.4. The van der Waals surface area contributed by atoms with Crippen LogP contribution < -0.4 is 20.1 Å². The van der Waals surface area contributed by atoms with Gasteiger partial charge in [0.2, 0.25) is 0 Å². The van der Waals surface area contributed by atoms with Gasteiger partial charge in [-0.05, 0) is 38.5 Å². The molecule has 0 amide bonds. The topological polar surface area (TPSA) is 67.8 Å². The molecule has 8 heteroatoms. The maximum atomic E-state index is 5.45. The summed E-state index contributed by atoms with van der Waals surface area (Å²) in [5, 5.41) is 7.87. The number of methoxy groups -OCH3 is 2. The number of halogens is 1. The van der Waals surface area contributed by atoms with Crippen LogP contribution >= 0.6 is 35.3 Å². The van der Waals surface area contributed by atoms with E-state index >= 15 is 0 Å². The SMILES string of the molecule is CCNC(=NCc1sc(C)nc1C)NCC(C)(C)c1ccc(OC)c(OC)c1.I. The number of thiazole rings is 1. The lowest BCUT2D eigenvalue weighted by Crippen LogP contribution is -2.43. The van der Waals surface area contributed by atoms with Gasteiger partial charge in [0.05, 0.1) is 31.5 Å². The maximum Gasteiger partial charge on any atom is 0.191 e. The van der Waals surface area contributed by atoms with Crippen molar-refractivity contribution >= 4 is 41.3 Å². The average molecular weight is 532 g/mol. The van der Waals surface area contributed by atoms with E-state index in [0.717, 1.165) is 41.2 Å². The lowest BCUT2D eigenvalue weighted by molar-refractivity contribution is 0.353. The standard InChI is InChI=1S/C21H32N4O2S.HI/c1-8-22-20(23-12-19-14(2)25-15(3)28-19)24-13-21(4,5)16-9-10-17(26-6)18(11-16)27-7;/h9-11H,8,12-13H2,1-7H3,(H2,22,23,24);1H. The van der Waals surface area contributed by atoms with Gasteiger partial charge in [-0.1, -0.05) is 19.9 Å². The molecule has 2 N–H and O–H groups in total. The second kappa shape index (κ2) is 11.6. The molecule has 0 saturated carbocycles. The van der Waals surface area contributed by atoms with Gasteiger partial charge in [-0.3, -0.25) is 0 Å². The van der Waals surface area contributed by atoms with Gasteiger partial charge < -0.3 is 20.1 Å². The molecule has 1 aromatic heterocycles. The molecule has 0 aliphatic heterocycles. The van der Waals surface area contributed by atoms with E-state index in [1.807, 2.05) is 26.0 Å². The van der Waals surface area contributed by atoms with E-state index in [1.165, 1.54) is 10.4 Å². The van der Waals surface area contributed by atoms with Gasteiger partial charge in [0.1, 0.15) is 0 Å². The molecule has 2 aromatic rings. The van der Waals surface area contributed by atoms with E-state index in [4.69, 9.17) is 14.5 Å². The van der Waals surface area contributed by atoms with Crippen molar-refractivity contribution in [2.75, 3.05) is 27.3 Å². The zero-order valence-corrected chi connectivity index (χ0v) is 21.5. The quantitative estimate of drug-likeness (QED) is 0.299. The molecule has 0 saturated heterocycles. The number of aliphatic imine (C=N–C) groups is 1. The highest BCUT2D eigenvalue weighted by Gasteiger charge is 2.22. The van der Waals surface area contributed by atoms with Crippen LogP contribution in [-0.4, -0.2) is 38.3 Å². The van der Waals surface area contributed by atoms with Crippen LogP contribution in [0, 0.1) is 13.8 Å². The lowest BCUT2D eigenvalue weighted by Gasteiger charge is -2.27. The van der Waals surface area contributed by atoms with Gasteiger partial charge in [-0.15, -0.1) is 35.3 Å². The van der Waals surface area contributed by atoms with E-state index in [2.05, 4.69) is 42.5 Å². The minimum absolute atomic E-state index is 0. The Balaban J connectivity index is 0.00000420. The monoisotopic (exact) mass is 532 g/mol. The lowest BCUT2D eigenvalue weighted by atomic mass is 9.84. The number of guanidine groups is 1. The van der Waals surface area contributed by atoms with Crippen molar-refractivity contribution in [2.45, 2.75) is 46.6 Å². The van der Waals surface area contributed by atoms with Crippen molar-refractivity contribution in [3.8, 4) is 11.5 Å². The summed E-state index contributed by atoms with van der Waals surface area (Å²) in [6.45, 7) is 12.7. The normalized spacial score (nSPS) is 11.6. The summed E-state index contributed by atoms with van der Waals surface area (Å²) in [7, 11) is 3.31. The zero-order valence-electron chi connectivity index (χ0n) is 18.4. The van der Waals surface area contributed by atoms with Crippen LogP contribution in [-0.2, 0) is 12.0 Å². The summed E-state index contributed by atoms with van der Waals surface area (Å²) in [6, 6.07) is 6.06. The number of benzene rings is 1. The first-order chi connectivity index (χ1) is 13.3. The molecule has 0 atom stereocenters. The van der Waals surface area contributed by atoms with Crippen molar-refractivity contribution < 1.29 is 9.47 Å². The number of aromatic nitrogens is 1. The minimum atomic E-state index is -0.118. The second-order valence-corrected chi connectivity index (χ2v) is 8.53. The van der Waals surface area contributed by atoms with Gasteiger partial charge in [0.25, 0.3) is 0 Å². The number of nitrogens with zero attached hydrogens (tertiary/aromatic N) is 2. The number of hydrogen-bond acceptors (Lipinski definition) is 5. The van der Waals surface area contributed by atoms with Gasteiger partial charge in [-0.2, -0.15) is 0 Å². The predicted octanol–water partition coefficient (Wildman–Crippen LogP) is 4.43. The molecule has 0 fully saturated rings. The highest BCUT2D eigenvalue weighted by Crippen LogP contribution is 2.32. The van der Waals surface area contributed by atoms with E-state index in [9.17, 15) is 0 Å². The molecule has 1 heterocycles. The van der Waals surface area contributed by atoms with Crippen molar-refractivity contribution in [2.24, 2.45) is 4.99 Å². The van der Waals surface area contributed by atoms with Crippen LogP contribution in [0.4, 0.5) is 0 Å². The zero-order chi connectivity index (χ0) is 20.7. The van der Waals surface area contributed by atoms with Gasteiger partial charge in [-0.25, -0.2) is 9.98 Å². The molecule has 6 nitrogen and oxygen atoms in total. The maximum absolute atomic E-state index is 5.45. The van der Waals surface area contributed by atoms with E-state index in [0.29, 0.717) is 6.54 Å². The first kappa shape index (κ1) is 25.5. The summed E-state index contributed by atoms with van der Waals surface area (Å²) in [5.74, 6) is 2.28. The Morgan fingerprint density at radius 2 is 1.83 bits per heavy atom. The van der Waals surface area contributed by atoms with E-state index < -0.39 is 0 Å². The third-order valence-electron chi connectivity index (χ3n) is 4.59. The second-order valence-electron chi connectivity index (χ2n) is 7.24. The van der Waals surface area contributed by atoms with Crippen molar-refractivity contribution in [1.29, 1.82) is 0 Å². The molecule has 1 aromatic carbocycles. The molecule has 0 aliphatic carbocycles. The van der Waals surface area contributed by atoms with Crippen LogP contribution in [0.15, 0.2) is 23.2 Å². The molecule has 0 radical (unpaired) electrons. The largest absolute Gasteiger partial charge is 0.493 e. The summed E-state index contributed by atoms with van der Waals surface area (Å²) < 4.78 is 10.8. The average Bonchev–Trinajstić information content (AvgIpc) is 3.00. The van der Waals surface area contributed by atoms with Crippen LogP contribution in [0.3, 0.4) is 0 Å². The van der Waals surface area contributed by atoms with Crippen molar-refractivity contribution in [3.05, 3.63) is 39.3 Å². The number of hydrogen-bond donors (Lipinski definition) is 2. The molecular formula is C21H33IN4O2S.